The molecule has 1 aliphatic rings. The first kappa shape index (κ1) is 18.2. The molecule has 0 spiro atoms. The summed E-state index contributed by atoms with van der Waals surface area (Å²) >= 11 is 0. The molecule has 1 aromatic carbocycles. The molecule has 0 aliphatic carbocycles. The number of nitrogens with two attached hydrogens (primary N) is 1. The number of rotatable bonds is 4. The molecule has 7 heteroatoms. The van der Waals surface area contributed by atoms with Crippen molar-refractivity contribution in [1.29, 1.82) is 0 Å². The van der Waals surface area contributed by atoms with E-state index in [0.29, 0.717) is 13.1 Å². The van der Waals surface area contributed by atoms with Gasteiger partial charge in [-0.3, -0.25) is 4.79 Å². The Morgan fingerprint density at radius 2 is 2.19 bits per heavy atom. The molecule has 6 nitrogen and oxygen atoms in total. The number of piperidine rings is 1. The second-order valence-corrected chi connectivity index (χ2v) is 6.91. The number of hydrogen-bond donors (Lipinski definition) is 3. The summed E-state index contributed by atoms with van der Waals surface area (Å²) in [7, 11) is 0. The lowest BCUT2D eigenvalue weighted by Crippen LogP contribution is -2.47. The van der Waals surface area contributed by atoms with Crippen LogP contribution in [0.1, 0.15) is 36.6 Å². The van der Waals surface area contributed by atoms with Crippen molar-refractivity contribution in [3.8, 4) is 0 Å². The van der Waals surface area contributed by atoms with Crippen LogP contribution in [-0.2, 0) is 17.8 Å². The maximum Gasteiger partial charge on any atom is 0.314 e. The highest BCUT2D eigenvalue weighted by Crippen LogP contribution is 2.26. The molecule has 1 atom stereocenters. The summed E-state index contributed by atoms with van der Waals surface area (Å²) in [6.07, 6.45) is 2.30. The zero-order chi connectivity index (χ0) is 18.8. The van der Waals surface area contributed by atoms with E-state index < -0.39 is 6.03 Å². The van der Waals surface area contributed by atoms with Gasteiger partial charge in [-0.1, -0.05) is 6.92 Å². The molecule has 0 bridgehead atoms. The van der Waals surface area contributed by atoms with Crippen LogP contribution in [0.3, 0.4) is 0 Å². The van der Waals surface area contributed by atoms with Gasteiger partial charge in [0.2, 0.25) is 5.91 Å². The molecule has 140 valence electrons. The van der Waals surface area contributed by atoms with E-state index in [1.54, 1.807) is 0 Å². The van der Waals surface area contributed by atoms with Gasteiger partial charge in [0.05, 0.1) is 11.4 Å². The van der Waals surface area contributed by atoms with Gasteiger partial charge in [-0.15, -0.1) is 0 Å². The molecule has 1 unspecified atom stereocenters. The Hall–Kier alpha value is -2.57. The van der Waals surface area contributed by atoms with Crippen LogP contribution in [0.2, 0.25) is 0 Å². The third kappa shape index (κ3) is 3.52. The van der Waals surface area contributed by atoms with Crippen LogP contribution in [-0.4, -0.2) is 34.9 Å². The van der Waals surface area contributed by atoms with E-state index >= 15 is 0 Å². The predicted octanol–water partition coefficient (Wildman–Crippen LogP) is 2.58. The van der Waals surface area contributed by atoms with E-state index in [2.05, 4.69) is 10.3 Å². The van der Waals surface area contributed by atoms with Gasteiger partial charge in [0.25, 0.3) is 0 Å². The van der Waals surface area contributed by atoms with Crippen LogP contribution in [0.15, 0.2) is 12.1 Å². The molecule has 4 N–H and O–H groups in total. The number of primary amides is 1. The molecule has 1 fully saturated rings. The van der Waals surface area contributed by atoms with Crippen molar-refractivity contribution < 1.29 is 14.0 Å². The second-order valence-electron chi connectivity index (χ2n) is 6.91. The van der Waals surface area contributed by atoms with E-state index in [0.717, 1.165) is 47.0 Å². The van der Waals surface area contributed by atoms with E-state index in [4.69, 9.17) is 5.73 Å². The predicted molar refractivity (Wildman–Crippen MR) is 98.1 cm³/mol. The minimum absolute atomic E-state index is 0.132. The number of hydrogen-bond acceptors (Lipinski definition) is 2. The first-order chi connectivity index (χ1) is 12.4. The largest absolute Gasteiger partial charge is 0.358 e. The number of urea groups is 1. The number of nitrogens with zero attached hydrogens (tertiary/aromatic N) is 1. The molecular formula is C19H25FN4O2. The van der Waals surface area contributed by atoms with Crippen molar-refractivity contribution in [3.63, 3.8) is 0 Å². The maximum atomic E-state index is 14.0. The summed E-state index contributed by atoms with van der Waals surface area (Å²) in [6.45, 7) is 5.18. The van der Waals surface area contributed by atoms with Gasteiger partial charge in [0, 0.05) is 30.7 Å². The van der Waals surface area contributed by atoms with E-state index in [9.17, 15) is 14.0 Å². The summed E-state index contributed by atoms with van der Waals surface area (Å²) < 4.78 is 14.0. The van der Waals surface area contributed by atoms with Crippen molar-refractivity contribution in [1.82, 2.24) is 15.2 Å². The Morgan fingerprint density at radius 1 is 1.42 bits per heavy atom. The minimum Gasteiger partial charge on any atom is -0.358 e. The molecule has 1 saturated heterocycles. The van der Waals surface area contributed by atoms with Crippen molar-refractivity contribution in [2.75, 3.05) is 13.1 Å². The molecule has 26 heavy (non-hydrogen) atoms. The smallest absolute Gasteiger partial charge is 0.314 e. The number of aromatic amines is 1. The lowest BCUT2D eigenvalue weighted by molar-refractivity contribution is -0.126. The number of likely N-dealkylation sites (tertiary alicyclic amines) is 1. The Labute approximate surface area is 151 Å². The van der Waals surface area contributed by atoms with Crippen molar-refractivity contribution in [3.05, 3.63) is 34.8 Å². The number of fused-ring (bicyclic) bond motifs is 1. The fourth-order valence-electron chi connectivity index (χ4n) is 3.72. The average Bonchev–Trinajstić information content (AvgIpc) is 2.95. The number of aromatic nitrogens is 1. The number of carbonyl (C=O) groups excluding carboxylic acids is 2. The Kier molecular flexibility index (Phi) is 5.15. The number of nitrogens with one attached hydrogen (secondary N) is 2. The first-order valence-electron chi connectivity index (χ1n) is 9.02. The molecule has 1 aromatic heterocycles. The van der Waals surface area contributed by atoms with Crippen LogP contribution in [0.25, 0.3) is 10.9 Å². The fourth-order valence-corrected chi connectivity index (χ4v) is 3.72. The van der Waals surface area contributed by atoms with Gasteiger partial charge in [-0.05, 0) is 49.4 Å². The number of H-pyrrole nitrogens is 1. The first-order valence-corrected chi connectivity index (χ1v) is 9.02. The molecule has 1 aliphatic heterocycles. The third-order valence-corrected chi connectivity index (χ3v) is 5.23. The van der Waals surface area contributed by atoms with E-state index in [-0.39, 0.29) is 24.2 Å². The Balaban J connectivity index is 1.75. The number of aryl methyl sites for hydroxylation is 2. The van der Waals surface area contributed by atoms with Crippen molar-refractivity contribution in [2.24, 2.45) is 11.7 Å². The normalized spacial score (nSPS) is 17.5. The summed E-state index contributed by atoms with van der Waals surface area (Å²) in [4.78, 5) is 28.7. The average molecular weight is 360 g/mol. The van der Waals surface area contributed by atoms with Gasteiger partial charge >= 0.3 is 6.03 Å². The summed E-state index contributed by atoms with van der Waals surface area (Å²) in [6, 6.07) is 2.48. The van der Waals surface area contributed by atoms with Crippen molar-refractivity contribution >= 4 is 22.8 Å². The summed E-state index contributed by atoms with van der Waals surface area (Å²) in [5, 5.41) is 3.74. The van der Waals surface area contributed by atoms with Crippen LogP contribution in [0, 0.1) is 18.7 Å². The Bertz CT molecular complexity index is 846. The van der Waals surface area contributed by atoms with Gasteiger partial charge in [-0.25, -0.2) is 9.18 Å². The molecule has 0 saturated carbocycles. The van der Waals surface area contributed by atoms with E-state index in [1.165, 1.54) is 17.0 Å². The lowest BCUT2D eigenvalue weighted by Gasteiger charge is -2.30. The van der Waals surface area contributed by atoms with Crippen LogP contribution in [0.5, 0.6) is 0 Å². The quantitative estimate of drug-likeness (QED) is 0.782. The molecule has 3 amide bonds. The second kappa shape index (κ2) is 7.35. The molecule has 0 radical (unpaired) electrons. The SMILES string of the molecule is CCc1[nH]c2c(CNC(=O)C3CCCN(C(N)=O)C3)cc(F)cc2c1C. The van der Waals surface area contributed by atoms with Crippen molar-refractivity contribution in [2.45, 2.75) is 39.7 Å². The maximum absolute atomic E-state index is 14.0. The van der Waals surface area contributed by atoms with Gasteiger partial charge < -0.3 is 20.9 Å². The van der Waals surface area contributed by atoms with Gasteiger partial charge in [0.15, 0.2) is 0 Å². The standard InChI is InChI=1S/C19H25FN4O2/c1-3-16-11(2)15-8-14(20)7-13(17(15)23-16)9-22-18(25)12-5-4-6-24(10-12)19(21)26/h7-8,12,23H,3-6,9-10H2,1-2H3,(H2,21,26)(H,22,25). The number of halogens is 1. The van der Waals surface area contributed by atoms with Gasteiger partial charge in [-0.2, -0.15) is 0 Å². The molecule has 2 heterocycles. The zero-order valence-electron chi connectivity index (χ0n) is 15.2. The zero-order valence-corrected chi connectivity index (χ0v) is 15.2. The number of carbonyl (C=O) groups is 2. The fraction of sp³-hybridized carbons (Fsp3) is 0.474. The molecule has 2 aromatic rings. The topological polar surface area (TPSA) is 91.2 Å². The van der Waals surface area contributed by atoms with Gasteiger partial charge in [0.1, 0.15) is 5.82 Å². The van der Waals surface area contributed by atoms with Crippen LogP contribution in [0.4, 0.5) is 9.18 Å². The molecule has 3 rings (SSSR count). The third-order valence-electron chi connectivity index (χ3n) is 5.23. The number of amides is 3. The monoisotopic (exact) mass is 360 g/mol. The summed E-state index contributed by atoms with van der Waals surface area (Å²) in [5.41, 5.74) is 9.01. The Morgan fingerprint density at radius 3 is 2.88 bits per heavy atom. The van der Waals surface area contributed by atoms with E-state index in [1.807, 2.05) is 13.8 Å². The molecular weight excluding hydrogens is 335 g/mol. The minimum atomic E-state index is -0.497. The van der Waals surface area contributed by atoms with Crippen LogP contribution < -0.4 is 11.1 Å². The highest BCUT2D eigenvalue weighted by atomic mass is 19.1. The highest BCUT2D eigenvalue weighted by molar-refractivity contribution is 5.88. The lowest BCUT2D eigenvalue weighted by atomic mass is 9.97. The summed E-state index contributed by atoms with van der Waals surface area (Å²) in [5.74, 6) is -0.728. The highest BCUT2D eigenvalue weighted by Gasteiger charge is 2.27. The number of benzene rings is 1. The van der Waals surface area contributed by atoms with Crippen LogP contribution >= 0.6 is 0 Å².